The number of benzene rings is 2. The van der Waals surface area contributed by atoms with Gasteiger partial charge in [0.25, 0.3) is 5.91 Å². The molecule has 0 spiro atoms. The van der Waals surface area contributed by atoms with Crippen LogP contribution in [0.5, 0.6) is 11.5 Å². The normalized spacial score (nSPS) is 11.0. The SMILES string of the molecule is CCCCCCCCCCCCCCOc1c(F)cccc1OCC(=O)Nc1ccccc1C[n+]1csc(C)c1. The first-order chi connectivity index (χ1) is 19.6. The van der Waals surface area contributed by atoms with Crippen molar-refractivity contribution in [1.82, 2.24) is 0 Å². The lowest BCUT2D eigenvalue weighted by atomic mass is 10.1. The zero-order chi connectivity index (χ0) is 28.4. The number of hydrogen-bond donors (Lipinski definition) is 1. The van der Waals surface area contributed by atoms with Crippen LogP contribution < -0.4 is 19.4 Å². The zero-order valence-corrected chi connectivity index (χ0v) is 25.1. The molecule has 0 aliphatic rings. The number of carbonyl (C=O) groups is 1. The summed E-state index contributed by atoms with van der Waals surface area (Å²) in [6.07, 6.45) is 17.2. The highest BCUT2D eigenvalue weighted by atomic mass is 32.1. The van der Waals surface area contributed by atoms with Crippen molar-refractivity contribution in [2.24, 2.45) is 0 Å². The molecule has 0 bridgehead atoms. The number of unbranched alkanes of at least 4 members (excludes halogenated alkanes) is 11. The van der Waals surface area contributed by atoms with Gasteiger partial charge in [0.05, 0.1) is 17.2 Å². The molecule has 7 heteroatoms. The first kappa shape index (κ1) is 31.6. The van der Waals surface area contributed by atoms with E-state index >= 15 is 0 Å². The van der Waals surface area contributed by atoms with Crippen molar-refractivity contribution in [1.29, 1.82) is 0 Å². The number of rotatable bonds is 20. The van der Waals surface area contributed by atoms with Crippen molar-refractivity contribution in [3.05, 3.63) is 70.4 Å². The van der Waals surface area contributed by atoms with Crippen molar-refractivity contribution < 1.29 is 23.2 Å². The maximum Gasteiger partial charge on any atom is 0.262 e. The number of aryl methyl sites for hydroxylation is 1. The number of nitrogens with zero attached hydrogens (tertiary/aromatic N) is 1. The molecular weight excluding hydrogens is 523 g/mol. The molecule has 3 rings (SSSR count). The molecule has 0 saturated carbocycles. The predicted octanol–water partition coefficient (Wildman–Crippen LogP) is 8.63. The fraction of sp³-hybridized carbons (Fsp3) is 0.515. The number of aromatic nitrogens is 1. The lowest BCUT2D eigenvalue weighted by molar-refractivity contribution is -0.683. The first-order valence-electron chi connectivity index (χ1n) is 14.9. The Hall–Kier alpha value is -2.93. The van der Waals surface area contributed by atoms with Crippen LogP contribution in [0.2, 0.25) is 0 Å². The highest BCUT2D eigenvalue weighted by Crippen LogP contribution is 2.30. The van der Waals surface area contributed by atoms with Crippen LogP contribution in [0.15, 0.2) is 54.2 Å². The summed E-state index contributed by atoms with van der Waals surface area (Å²) in [5.74, 6) is -0.477. The maximum absolute atomic E-state index is 14.5. The Bertz CT molecular complexity index is 1150. The van der Waals surface area contributed by atoms with E-state index in [-0.39, 0.29) is 24.0 Å². The third kappa shape index (κ3) is 11.7. The minimum atomic E-state index is -0.481. The van der Waals surface area contributed by atoms with Gasteiger partial charge in [0, 0.05) is 5.56 Å². The first-order valence-corrected chi connectivity index (χ1v) is 15.8. The molecule has 0 unspecified atom stereocenters. The van der Waals surface area contributed by atoms with Gasteiger partial charge in [-0.1, -0.05) is 113 Å². The fourth-order valence-electron chi connectivity index (χ4n) is 4.69. The van der Waals surface area contributed by atoms with Crippen molar-refractivity contribution >= 4 is 22.9 Å². The Labute approximate surface area is 243 Å². The van der Waals surface area contributed by atoms with E-state index in [0.717, 1.165) is 24.1 Å². The summed E-state index contributed by atoms with van der Waals surface area (Å²) in [4.78, 5) is 13.9. The van der Waals surface area contributed by atoms with E-state index in [1.54, 1.807) is 23.5 Å². The molecule has 5 nitrogen and oxygen atoms in total. The Morgan fingerprint density at radius 3 is 2.23 bits per heavy atom. The molecule has 1 aromatic heterocycles. The van der Waals surface area contributed by atoms with Crippen LogP contribution in [-0.4, -0.2) is 19.1 Å². The maximum atomic E-state index is 14.5. The molecular formula is C33H46FN2O3S+. The van der Waals surface area contributed by atoms with Crippen molar-refractivity contribution in [3.63, 3.8) is 0 Å². The Morgan fingerprint density at radius 2 is 1.55 bits per heavy atom. The summed E-state index contributed by atoms with van der Waals surface area (Å²) in [5, 5.41) is 2.93. The molecule has 1 amide bonds. The van der Waals surface area contributed by atoms with E-state index in [4.69, 9.17) is 9.47 Å². The predicted molar refractivity (Wildman–Crippen MR) is 162 cm³/mol. The molecule has 0 aliphatic carbocycles. The van der Waals surface area contributed by atoms with Gasteiger partial charge in [-0.3, -0.25) is 4.79 Å². The van der Waals surface area contributed by atoms with Crippen LogP contribution in [0.1, 0.15) is 94.4 Å². The number of thiazole rings is 1. The topological polar surface area (TPSA) is 51.4 Å². The molecule has 0 aliphatic heterocycles. The highest BCUT2D eigenvalue weighted by Gasteiger charge is 2.15. The lowest BCUT2D eigenvalue weighted by Gasteiger charge is -2.14. The number of anilines is 1. The number of hydrogen-bond acceptors (Lipinski definition) is 4. The van der Waals surface area contributed by atoms with Gasteiger partial charge in [-0.25, -0.2) is 4.39 Å². The average Bonchev–Trinajstić information content (AvgIpc) is 3.36. The number of carbonyl (C=O) groups excluding carboxylic acids is 1. The van der Waals surface area contributed by atoms with Crippen molar-refractivity contribution in [2.45, 2.75) is 97.4 Å². The van der Waals surface area contributed by atoms with Gasteiger partial charge in [0.1, 0.15) is 0 Å². The number of halogens is 1. The molecule has 0 fully saturated rings. The summed E-state index contributed by atoms with van der Waals surface area (Å²) >= 11 is 1.68. The minimum Gasteiger partial charge on any atom is -0.487 e. The summed E-state index contributed by atoms with van der Waals surface area (Å²) in [7, 11) is 0. The van der Waals surface area contributed by atoms with Gasteiger partial charge in [0.15, 0.2) is 36.7 Å². The largest absolute Gasteiger partial charge is 0.487 e. The van der Waals surface area contributed by atoms with E-state index in [0.29, 0.717) is 13.2 Å². The van der Waals surface area contributed by atoms with Gasteiger partial charge in [-0.2, -0.15) is 4.57 Å². The van der Waals surface area contributed by atoms with E-state index in [1.165, 1.54) is 75.2 Å². The Morgan fingerprint density at radius 1 is 0.875 bits per heavy atom. The molecule has 0 saturated heterocycles. The quantitative estimate of drug-likeness (QED) is 0.109. The van der Waals surface area contributed by atoms with Crippen LogP contribution in [0.4, 0.5) is 10.1 Å². The smallest absolute Gasteiger partial charge is 0.262 e. The van der Waals surface area contributed by atoms with E-state index in [1.807, 2.05) is 24.3 Å². The Kier molecular flexibility index (Phi) is 14.6. The van der Waals surface area contributed by atoms with Gasteiger partial charge < -0.3 is 14.8 Å². The van der Waals surface area contributed by atoms with Crippen LogP contribution in [0, 0.1) is 12.7 Å². The van der Waals surface area contributed by atoms with Gasteiger partial charge >= 0.3 is 0 Å². The van der Waals surface area contributed by atoms with E-state index in [9.17, 15) is 9.18 Å². The molecule has 40 heavy (non-hydrogen) atoms. The Balaban J connectivity index is 1.36. The third-order valence-electron chi connectivity index (χ3n) is 6.90. The summed E-state index contributed by atoms with van der Waals surface area (Å²) in [6, 6.07) is 12.3. The highest BCUT2D eigenvalue weighted by molar-refractivity contribution is 7.09. The summed E-state index contributed by atoms with van der Waals surface area (Å²) in [5.41, 5.74) is 3.78. The average molecular weight is 570 g/mol. The van der Waals surface area contributed by atoms with Crippen LogP contribution in [-0.2, 0) is 11.3 Å². The molecule has 218 valence electrons. The second-order valence-electron chi connectivity index (χ2n) is 10.4. The molecule has 1 N–H and O–H groups in total. The van der Waals surface area contributed by atoms with Gasteiger partial charge in [-0.05, 0) is 31.5 Å². The van der Waals surface area contributed by atoms with Crippen LogP contribution in [0.3, 0.4) is 0 Å². The second kappa shape index (κ2) is 18.4. The number of para-hydroxylation sites is 2. The van der Waals surface area contributed by atoms with Crippen LogP contribution >= 0.6 is 11.3 Å². The van der Waals surface area contributed by atoms with Gasteiger partial charge in [-0.15, -0.1) is 0 Å². The molecule has 0 radical (unpaired) electrons. The molecule has 0 atom stereocenters. The summed E-state index contributed by atoms with van der Waals surface area (Å²) in [6.45, 7) is 5.16. The number of ether oxygens (including phenoxy) is 2. The standard InChI is InChI=1S/C33H45FN2O3S/c1-3-4-5-6-7-8-9-10-11-12-13-16-22-38-33-29(34)19-17-21-31(33)39-25-32(37)35-30-20-15-14-18-28(30)24-36-23-27(2)40-26-36/h14-15,17-21,23,26H,3-13,16,22,24-25H2,1-2H3/p+1. The van der Waals surface area contributed by atoms with E-state index in [2.05, 4.69) is 35.4 Å². The zero-order valence-electron chi connectivity index (χ0n) is 24.3. The number of nitrogens with one attached hydrogen (secondary N) is 1. The number of amides is 1. The van der Waals surface area contributed by atoms with Crippen LogP contribution in [0.25, 0.3) is 0 Å². The minimum absolute atomic E-state index is 0.0722. The molecule has 3 aromatic rings. The molecule has 2 aromatic carbocycles. The van der Waals surface area contributed by atoms with Crippen molar-refractivity contribution in [3.8, 4) is 11.5 Å². The van der Waals surface area contributed by atoms with E-state index < -0.39 is 5.82 Å². The fourth-order valence-corrected chi connectivity index (χ4v) is 5.33. The summed E-state index contributed by atoms with van der Waals surface area (Å²) < 4.78 is 28.1. The second-order valence-corrected chi connectivity index (χ2v) is 11.5. The monoisotopic (exact) mass is 569 g/mol. The van der Waals surface area contributed by atoms with Gasteiger partial charge in [0.2, 0.25) is 5.51 Å². The lowest BCUT2D eigenvalue weighted by Crippen LogP contribution is -2.31. The molecule has 1 heterocycles. The third-order valence-corrected chi connectivity index (χ3v) is 7.75. The van der Waals surface area contributed by atoms with Crippen molar-refractivity contribution in [2.75, 3.05) is 18.5 Å².